The zero-order chi connectivity index (χ0) is 7.56. The molecule has 0 aliphatic carbocycles. The average molecular weight is 149 g/mol. The summed E-state index contributed by atoms with van der Waals surface area (Å²) >= 11 is 0. The van der Waals surface area contributed by atoms with Crippen molar-refractivity contribution in [1.29, 1.82) is 5.26 Å². The molecule has 0 radical (unpaired) electrons. The molecule has 0 amide bonds. The van der Waals surface area contributed by atoms with Gasteiger partial charge in [-0.3, -0.25) is 0 Å². The third-order valence-corrected chi connectivity index (χ3v) is 2.03. The first-order valence-electron chi connectivity index (χ1n) is 3.00. The molecule has 50 valence electrons. The standard InChI is InChI=1S/C8H8NP/c1-6-2-3-7(5-9)4-8(6)10/h2-4H,10H2,1H3. The predicted octanol–water partition coefficient (Wildman–Crippen LogP) is 1.37. The normalized spacial score (nSPS) is 8.90. The molecule has 0 aliphatic rings. The number of nitriles is 1. The molecule has 1 unspecified atom stereocenters. The van der Waals surface area contributed by atoms with E-state index >= 15 is 0 Å². The van der Waals surface area contributed by atoms with Crippen LogP contribution in [-0.4, -0.2) is 0 Å². The molecule has 2 heteroatoms. The van der Waals surface area contributed by atoms with Crippen LogP contribution in [0, 0.1) is 18.3 Å². The van der Waals surface area contributed by atoms with Crippen molar-refractivity contribution in [2.75, 3.05) is 0 Å². The Morgan fingerprint density at radius 1 is 1.50 bits per heavy atom. The first kappa shape index (κ1) is 7.25. The quantitative estimate of drug-likeness (QED) is 0.511. The molecule has 10 heavy (non-hydrogen) atoms. The second kappa shape index (κ2) is 2.82. The van der Waals surface area contributed by atoms with Crippen molar-refractivity contribution >= 4 is 14.5 Å². The second-order valence-electron chi connectivity index (χ2n) is 2.18. The Kier molecular flexibility index (Phi) is 2.04. The summed E-state index contributed by atoms with van der Waals surface area (Å²) in [5.74, 6) is 0. The molecule has 0 fully saturated rings. The number of hydrogen-bond acceptors (Lipinski definition) is 1. The minimum atomic E-state index is 0.718. The van der Waals surface area contributed by atoms with Gasteiger partial charge in [-0.05, 0) is 29.9 Å². The summed E-state index contributed by atoms with van der Waals surface area (Å²) in [4.78, 5) is 0. The molecule has 1 aromatic carbocycles. The summed E-state index contributed by atoms with van der Waals surface area (Å²) in [7, 11) is 2.60. The predicted molar refractivity (Wildman–Crippen MR) is 45.2 cm³/mol. The number of nitrogens with zero attached hydrogens (tertiary/aromatic N) is 1. The van der Waals surface area contributed by atoms with Gasteiger partial charge in [0.1, 0.15) is 0 Å². The average Bonchev–Trinajstić information content (AvgIpc) is 1.95. The fourth-order valence-corrected chi connectivity index (χ4v) is 0.986. The van der Waals surface area contributed by atoms with Gasteiger partial charge in [0, 0.05) is 0 Å². The monoisotopic (exact) mass is 149 g/mol. The van der Waals surface area contributed by atoms with Crippen molar-refractivity contribution in [3.63, 3.8) is 0 Å². The fraction of sp³-hybridized carbons (Fsp3) is 0.125. The lowest BCUT2D eigenvalue weighted by atomic mass is 10.2. The molecule has 0 aromatic heterocycles. The maximum absolute atomic E-state index is 8.49. The van der Waals surface area contributed by atoms with Crippen molar-refractivity contribution in [2.24, 2.45) is 0 Å². The van der Waals surface area contributed by atoms with Crippen molar-refractivity contribution < 1.29 is 0 Å². The highest BCUT2D eigenvalue weighted by Gasteiger charge is 1.92. The van der Waals surface area contributed by atoms with Crippen molar-refractivity contribution in [1.82, 2.24) is 0 Å². The zero-order valence-electron chi connectivity index (χ0n) is 5.76. The lowest BCUT2D eigenvalue weighted by Crippen LogP contribution is -1.96. The van der Waals surface area contributed by atoms with Gasteiger partial charge in [0.2, 0.25) is 0 Å². The summed E-state index contributed by atoms with van der Waals surface area (Å²) in [6.07, 6.45) is 0. The Balaban J connectivity index is 3.20. The second-order valence-corrected chi connectivity index (χ2v) is 2.81. The molecule has 0 N–H and O–H groups in total. The third kappa shape index (κ3) is 1.35. The van der Waals surface area contributed by atoms with E-state index in [-0.39, 0.29) is 0 Å². The maximum Gasteiger partial charge on any atom is 0.0991 e. The van der Waals surface area contributed by atoms with Crippen LogP contribution < -0.4 is 5.30 Å². The number of rotatable bonds is 0. The van der Waals surface area contributed by atoms with Gasteiger partial charge in [0.15, 0.2) is 0 Å². The van der Waals surface area contributed by atoms with Crippen LogP contribution in [-0.2, 0) is 0 Å². The SMILES string of the molecule is Cc1ccc(C#N)cc1P. The summed E-state index contributed by atoms with van der Waals surface area (Å²) in [5.41, 5.74) is 1.92. The van der Waals surface area contributed by atoms with Crippen LogP contribution in [0.3, 0.4) is 0 Å². The van der Waals surface area contributed by atoms with E-state index in [1.165, 1.54) is 5.56 Å². The fourth-order valence-electron chi connectivity index (χ4n) is 0.710. The van der Waals surface area contributed by atoms with E-state index in [1.807, 2.05) is 25.1 Å². The van der Waals surface area contributed by atoms with Gasteiger partial charge in [0.25, 0.3) is 0 Å². The summed E-state index contributed by atoms with van der Waals surface area (Å²) in [6, 6.07) is 7.71. The van der Waals surface area contributed by atoms with Crippen LogP contribution in [0.1, 0.15) is 11.1 Å². The first-order chi connectivity index (χ1) is 4.74. The molecule has 1 rings (SSSR count). The molecule has 1 nitrogen and oxygen atoms in total. The third-order valence-electron chi connectivity index (χ3n) is 1.41. The van der Waals surface area contributed by atoms with E-state index < -0.39 is 0 Å². The van der Waals surface area contributed by atoms with E-state index in [4.69, 9.17) is 5.26 Å². The Bertz CT molecular complexity index is 286. The zero-order valence-corrected chi connectivity index (χ0v) is 6.91. The van der Waals surface area contributed by atoms with Crippen LogP contribution in [0.5, 0.6) is 0 Å². The van der Waals surface area contributed by atoms with E-state index in [9.17, 15) is 0 Å². The number of benzene rings is 1. The van der Waals surface area contributed by atoms with Gasteiger partial charge in [0.05, 0.1) is 11.6 Å². The first-order valence-corrected chi connectivity index (χ1v) is 3.58. The van der Waals surface area contributed by atoms with Crippen LogP contribution in [0.25, 0.3) is 0 Å². The largest absolute Gasteiger partial charge is 0.192 e. The van der Waals surface area contributed by atoms with Gasteiger partial charge < -0.3 is 0 Å². The Hall–Kier alpha value is -0.860. The van der Waals surface area contributed by atoms with Crippen LogP contribution in [0.2, 0.25) is 0 Å². The van der Waals surface area contributed by atoms with E-state index in [2.05, 4.69) is 15.3 Å². The summed E-state index contributed by atoms with van der Waals surface area (Å²) in [5, 5.41) is 9.59. The topological polar surface area (TPSA) is 23.8 Å². The number of aryl methyl sites for hydroxylation is 1. The molecule has 0 bridgehead atoms. The highest BCUT2D eigenvalue weighted by atomic mass is 31.0. The van der Waals surface area contributed by atoms with E-state index in [0.29, 0.717) is 0 Å². The molecule has 0 saturated carbocycles. The molecular weight excluding hydrogens is 141 g/mol. The van der Waals surface area contributed by atoms with Gasteiger partial charge >= 0.3 is 0 Å². The van der Waals surface area contributed by atoms with Crippen LogP contribution in [0.15, 0.2) is 18.2 Å². The van der Waals surface area contributed by atoms with Gasteiger partial charge in [-0.2, -0.15) is 5.26 Å². The molecule has 1 aromatic rings. The van der Waals surface area contributed by atoms with Gasteiger partial charge in [-0.1, -0.05) is 6.07 Å². The molecule has 1 atom stereocenters. The van der Waals surface area contributed by atoms with Crippen molar-refractivity contribution in [3.05, 3.63) is 29.3 Å². The Morgan fingerprint density at radius 2 is 2.20 bits per heavy atom. The van der Waals surface area contributed by atoms with Crippen molar-refractivity contribution in [2.45, 2.75) is 6.92 Å². The molecule has 0 heterocycles. The molecule has 0 spiro atoms. The highest BCUT2D eigenvalue weighted by molar-refractivity contribution is 7.27. The maximum atomic E-state index is 8.49. The summed E-state index contributed by atoms with van der Waals surface area (Å²) in [6.45, 7) is 2.02. The Labute approximate surface area is 62.9 Å². The lowest BCUT2D eigenvalue weighted by Gasteiger charge is -1.96. The summed E-state index contributed by atoms with van der Waals surface area (Å²) < 4.78 is 0. The molecular formula is C8H8NP. The number of hydrogen-bond donors (Lipinski definition) is 0. The van der Waals surface area contributed by atoms with E-state index in [1.54, 1.807) is 0 Å². The lowest BCUT2D eigenvalue weighted by molar-refractivity contribution is 1.46. The minimum Gasteiger partial charge on any atom is -0.192 e. The van der Waals surface area contributed by atoms with Gasteiger partial charge in [-0.25, -0.2) is 0 Å². The van der Waals surface area contributed by atoms with Crippen LogP contribution in [0.4, 0.5) is 0 Å². The smallest absolute Gasteiger partial charge is 0.0991 e. The van der Waals surface area contributed by atoms with Gasteiger partial charge in [-0.15, -0.1) is 9.24 Å². The van der Waals surface area contributed by atoms with Crippen molar-refractivity contribution in [3.8, 4) is 6.07 Å². The van der Waals surface area contributed by atoms with Crippen LogP contribution >= 0.6 is 9.24 Å². The molecule has 0 saturated heterocycles. The highest BCUT2D eigenvalue weighted by Crippen LogP contribution is 2.02. The van der Waals surface area contributed by atoms with E-state index in [0.717, 1.165) is 10.9 Å². The Morgan fingerprint density at radius 3 is 2.70 bits per heavy atom. The molecule has 0 aliphatic heterocycles. The minimum absolute atomic E-state index is 0.718.